The van der Waals surface area contributed by atoms with Gasteiger partial charge in [0, 0.05) is 5.92 Å². The lowest BCUT2D eigenvalue weighted by molar-refractivity contribution is -0.138. The third kappa shape index (κ3) is 2.79. The number of rotatable bonds is 3. The first-order valence-corrected chi connectivity index (χ1v) is 4.47. The van der Waals surface area contributed by atoms with Crippen molar-refractivity contribution in [2.24, 2.45) is 5.92 Å². The number of piperidine rings is 1. The van der Waals surface area contributed by atoms with Crippen LogP contribution in [0.15, 0.2) is 0 Å². The van der Waals surface area contributed by atoms with E-state index in [1.807, 2.05) is 6.92 Å². The van der Waals surface area contributed by atoms with E-state index in [-0.39, 0.29) is 11.8 Å². The molecule has 0 aromatic carbocycles. The van der Waals surface area contributed by atoms with Crippen LogP contribution in [0, 0.1) is 5.92 Å². The maximum Gasteiger partial charge on any atom is 0.246 e. The molecule has 4 nitrogen and oxygen atoms in total. The molecule has 0 aromatic heterocycles. The molecule has 0 unspecified atom stereocenters. The van der Waals surface area contributed by atoms with Gasteiger partial charge in [0.15, 0.2) is 0 Å². The van der Waals surface area contributed by atoms with Gasteiger partial charge in [-0.3, -0.25) is 9.63 Å². The molecule has 2 N–H and O–H groups in total. The summed E-state index contributed by atoms with van der Waals surface area (Å²) in [7, 11) is 0. The van der Waals surface area contributed by atoms with Crippen molar-refractivity contribution in [1.29, 1.82) is 0 Å². The van der Waals surface area contributed by atoms with Crippen LogP contribution in [0.1, 0.15) is 19.8 Å². The Bertz CT molecular complexity index is 144. The van der Waals surface area contributed by atoms with E-state index in [4.69, 9.17) is 4.84 Å². The minimum Gasteiger partial charge on any atom is -0.317 e. The molecule has 1 amide bonds. The monoisotopic (exact) mass is 172 g/mol. The Morgan fingerprint density at radius 2 is 2.25 bits per heavy atom. The highest BCUT2D eigenvalue weighted by Gasteiger charge is 2.20. The van der Waals surface area contributed by atoms with Crippen molar-refractivity contribution >= 4 is 5.91 Å². The van der Waals surface area contributed by atoms with Crippen LogP contribution in [-0.2, 0) is 9.63 Å². The van der Waals surface area contributed by atoms with Crippen LogP contribution in [-0.4, -0.2) is 25.6 Å². The van der Waals surface area contributed by atoms with Crippen molar-refractivity contribution in [3.8, 4) is 0 Å². The molecule has 1 saturated heterocycles. The maximum absolute atomic E-state index is 11.3. The average molecular weight is 172 g/mol. The molecule has 1 fully saturated rings. The fourth-order valence-corrected chi connectivity index (χ4v) is 1.31. The Kier molecular flexibility index (Phi) is 4.04. The molecule has 0 bridgehead atoms. The maximum atomic E-state index is 11.3. The van der Waals surface area contributed by atoms with Crippen molar-refractivity contribution < 1.29 is 9.63 Å². The van der Waals surface area contributed by atoms with Gasteiger partial charge in [-0.2, -0.15) is 0 Å². The van der Waals surface area contributed by atoms with E-state index in [9.17, 15) is 4.79 Å². The Morgan fingerprint density at radius 1 is 1.58 bits per heavy atom. The van der Waals surface area contributed by atoms with Crippen LogP contribution in [0.2, 0.25) is 0 Å². The molecule has 4 heteroatoms. The number of nitrogens with one attached hydrogen (secondary N) is 2. The smallest absolute Gasteiger partial charge is 0.246 e. The van der Waals surface area contributed by atoms with Crippen LogP contribution in [0.5, 0.6) is 0 Å². The minimum absolute atomic E-state index is 0.0263. The highest BCUT2D eigenvalue weighted by molar-refractivity contribution is 5.77. The molecular weight excluding hydrogens is 156 g/mol. The van der Waals surface area contributed by atoms with Crippen LogP contribution in [0.25, 0.3) is 0 Å². The van der Waals surface area contributed by atoms with Crippen molar-refractivity contribution in [3.63, 3.8) is 0 Å². The van der Waals surface area contributed by atoms with Gasteiger partial charge in [0.05, 0.1) is 6.61 Å². The summed E-state index contributed by atoms with van der Waals surface area (Å²) in [6.07, 6.45) is 1.83. The highest BCUT2D eigenvalue weighted by Crippen LogP contribution is 2.10. The summed E-state index contributed by atoms with van der Waals surface area (Å²) in [5.41, 5.74) is 2.44. The summed E-state index contributed by atoms with van der Waals surface area (Å²) < 4.78 is 0. The fraction of sp³-hybridized carbons (Fsp3) is 0.875. The standard InChI is InChI=1S/C8H16N2O2/c1-2-12-10-8(11)7-3-5-9-6-4-7/h7,9H,2-6H2,1H3,(H,10,11). The first-order valence-electron chi connectivity index (χ1n) is 4.47. The summed E-state index contributed by atoms with van der Waals surface area (Å²) in [6, 6.07) is 0. The van der Waals surface area contributed by atoms with Crippen molar-refractivity contribution in [3.05, 3.63) is 0 Å². The Labute approximate surface area is 72.6 Å². The molecule has 0 saturated carbocycles. The predicted octanol–water partition coefficient (Wildman–Crippen LogP) is 0.0537. The first kappa shape index (κ1) is 9.48. The van der Waals surface area contributed by atoms with Gasteiger partial charge in [0.2, 0.25) is 5.91 Å². The summed E-state index contributed by atoms with van der Waals surface area (Å²) in [6.45, 7) is 4.24. The number of carbonyl (C=O) groups is 1. The summed E-state index contributed by atoms with van der Waals surface area (Å²) in [5, 5.41) is 3.20. The normalized spacial score (nSPS) is 19.1. The van der Waals surface area contributed by atoms with Gasteiger partial charge in [-0.25, -0.2) is 5.48 Å². The van der Waals surface area contributed by atoms with Gasteiger partial charge in [-0.1, -0.05) is 0 Å². The van der Waals surface area contributed by atoms with E-state index < -0.39 is 0 Å². The molecule has 0 aromatic rings. The van der Waals surface area contributed by atoms with Gasteiger partial charge in [-0.15, -0.1) is 0 Å². The molecule has 1 aliphatic heterocycles. The van der Waals surface area contributed by atoms with Gasteiger partial charge in [0.1, 0.15) is 0 Å². The van der Waals surface area contributed by atoms with Gasteiger partial charge in [0.25, 0.3) is 0 Å². The fourth-order valence-electron chi connectivity index (χ4n) is 1.31. The topological polar surface area (TPSA) is 50.4 Å². The van der Waals surface area contributed by atoms with E-state index in [1.165, 1.54) is 0 Å². The summed E-state index contributed by atoms with van der Waals surface area (Å²) in [4.78, 5) is 16.1. The quantitative estimate of drug-likeness (QED) is 0.592. The van der Waals surface area contributed by atoms with E-state index in [0.29, 0.717) is 6.61 Å². The highest BCUT2D eigenvalue weighted by atomic mass is 16.6. The van der Waals surface area contributed by atoms with E-state index in [1.54, 1.807) is 0 Å². The average Bonchev–Trinajstić information content (AvgIpc) is 2.15. The lowest BCUT2D eigenvalue weighted by Crippen LogP contribution is -2.38. The van der Waals surface area contributed by atoms with Crippen LogP contribution in [0.3, 0.4) is 0 Å². The molecule has 0 radical (unpaired) electrons. The van der Waals surface area contributed by atoms with Crippen LogP contribution < -0.4 is 10.8 Å². The summed E-state index contributed by atoms with van der Waals surface area (Å²) in [5.74, 6) is 0.163. The third-order valence-corrected chi connectivity index (χ3v) is 2.03. The summed E-state index contributed by atoms with van der Waals surface area (Å²) >= 11 is 0. The zero-order chi connectivity index (χ0) is 8.81. The molecular formula is C8H16N2O2. The Morgan fingerprint density at radius 3 is 2.83 bits per heavy atom. The van der Waals surface area contributed by atoms with Gasteiger partial charge < -0.3 is 5.32 Å². The number of hydrogen-bond acceptors (Lipinski definition) is 3. The van der Waals surface area contributed by atoms with Gasteiger partial charge >= 0.3 is 0 Å². The van der Waals surface area contributed by atoms with E-state index in [2.05, 4.69) is 10.8 Å². The van der Waals surface area contributed by atoms with E-state index in [0.717, 1.165) is 25.9 Å². The minimum atomic E-state index is 0.0263. The zero-order valence-electron chi connectivity index (χ0n) is 7.43. The molecule has 1 aliphatic rings. The number of hydrogen-bond donors (Lipinski definition) is 2. The largest absolute Gasteiger partial charge is 0.317 e. The molecule has 0 atom stereocenters. The lowest BCUT2D eigenvalue weighted by Gasteiger charge is -2.21. The molecule has 12 heavy (non-hydrogen) atoms. The van der Waals surface area contributed by atoms with Crippen molar-refractivity contribution in [2.45, 2.75) is 19.8 Å². The van der Waals surface area contributed by atoms with Crippen LogP contribution in [0.4, 0.5) is 0 Å². The second-order valence-electron chi connectivity index (χ2n) is 2.92. The molecule has 1 heterocycles. The number of hydroxylamine groups is 1. The first-order chi connectivity index (χ1) is 5.84. The molecule has 70 valence electrons. The van der Waals surface area contributed by atoms with Crippen molar-refractivity contribution in [1.82, 2.24) is 10.8 Å². The second kappa shape index (κ2) is 5.11. The SMILES string of the molecule is CCONC(=O)C1CCNCC1. The second-order valence-corrected chi connectivity index (χ2v) is 2.92. The number of carbonyl (C=O) groups excluding carboxylic acids is 1. The van der Waals surface area contributed by atoms with Gasteiger partial charge in [-0.05, 0) is 32.9 Å². The number of amides is 1. The third-order valence-electron chi connectivity index (χ3n) is 2.03. The Hall–Kier alpha value is -0.610. The molecule has 0 spiro atoms. The predicted molar refractivity (Wildman–Crippen MR) is 45.4 cm³/mol. The zero-order valence-corrected chi connectivity index (χ0v) is 7.43. The lowest BCUT2D eigenvalue weighted by atomic mass is 9.98. The van der Waals surface area contributed by atoms with Crippen molar-refractivity contribution in [2.75, 3.05) is 19.7 Å². The Balaban J connectivity index is 2.20. The molecule has 0 aliphatic carbocycles. The molecule has 1 rings (SSSR count). The van der Waals surface area contributed by atoms with E-state index >= 15 is 0 Å². The van der Waals surface area contributed by atoms with Crippen LogP contribution >= 0.6 is 0 Å².